The van der Waals surface area contributed by atoms with E-state index in [-0.39, 0.29) is 11.4 Å². The molecule has 0 unspecified atom stereocenters. The zero-order chi connectivity index (χ0) is 12.2. The summed E-state index contributed by atoms with van der Waals surface area (Å²) in [6.07, 6.45) is 3.55. The highest BCUT2D eigenvalue weighted by Crippen LogP contribution is 2.23. The van der Waals surface area contributed by atoms with E-state index >= 15 is 0 Å². The molecule has 1 aliphatic heterocycles. The summed E-state index contributed by atoms with van der Waals surface area (Å²) < 4.78 is 5.21. The average Bonchev–Trinajstić information content (AvgIpc) is 2.19. The van der Waals surface area contributed by atoms with E-state index in [0.717, 1.165) is 19.8 Å². The Labute approximate surface area is 97.6 Å². The van der Waals surface area contributed by atoms with Crippen LogP contribution in [0.5, 0.6) is 0 Å². The van der Waals surface area contributed by atoms with Gasteiger partial charge in [0.15, 0.2) is 0 Å². The van der Waals surface area contributed by atoms with E-state index < -0.39 is 0 Å². The van der Waals surface area contributed by atoms with Gasteiger partial charge in [-0.2, -0.15) is 0 Å². The van der Waals surface area contributed by atoms with Gasteiger partial charge in [0, 0.05) is 18.7 Å². The van der Waals surface area contributed by atoms with Crippen molar-refractivity contribution in [2.24, 2.45) is 0 Å². The molecule has 0 atom stereocenters. The molecule has 0 bridgehead atoms. The van der Waals surface area contributed by atoms with Gasteiger partial charge in [0.2, 0.25) is 5.91 Å². The number of likely N-dealkylation sites (N-methyl/N-ethyl adjacent to an activating group) is 2. The van der Waals surface area contributed by atoms with Crippen LogP contribution in [0.1, 0.15) is 20.8 Å². The topological polar surface area (TPSA) is 41.6 Å². The number of amides is 1. The largest absolute Gasteiger partial charge is 0.378 e. The fourth-order valence-electron chi connectivity index (χ4n) is 2.00. The van der Waals surface area contributed by atoms with Crippen molar-refractivity contribution in [3.63, 3.8) is 0 Å². The minimum Gasteiger partial charge on any atom is -0.378 e. The number of nitrogens with zero attached hydrogens (tertiary/aromatic N) is 1. The van der Waals surface area contributed by atoms with Gasteiger partial charge in [0.05, 0.1) is 19.3 Å². The van der Waals surface area contributed by atoms with Crippen molar-refractivity contribution >= 4 is 5.91 Å². The Morgan fingerprint density at radius 2 is 2.19 bits per heavy atom. The molecule has 0 spiro atoms. The van der Waals surface area contributed by atoms with Crippen LogP contribution in [0, 0.1) is 0 Å². The van der Waals surface area contributed by atoms with E-state index in [0.29, 0.717) is 6.04 Å². The minimum atomic E-state index is -0.115. The highest BCUT2D eigenvalue weighted by molar-refractivity contribution is 5.87. The normalized spacial score (nSPS) is 17.8. The summed E-state index contributed by atoms with van der Waals surface area (Å²) in [5.41, 5.74) is -0.115. The third-order valence-corrected chi connectivity index (χ3v) is 3.03. The number of carbonyl (C=O) groups excluding carboxylic acids is 1. The molecule has 0 saturated carbocycles. The van der Waals surface area contributed by atoms with Gasteiger partial charge in [-0.1, -0.05) is 13.0 Å². The molecule has 1 aliphatic rings. The zero-order valence-corrected chi connectivity index (χ0v) is 10.6. The molecule has 4 heteroatoms. The van der Waals surface area contributed by atoms with Gasteiger partial charge >= 0.3 is 0 Å². The summed E-state index contributed by atoms with van der Waals surface area (Å²) in [5.74, 6) is -0.0611. The molecule has 0 aliphatic carbocycles. The second kappa shape index (κ2) is 5.46. The zero-order valence-electron chi connectivity index (χ0n) is 10.6. The standard InChI is InChI=1S/C12H22N2O2/c1-5-14(10-8-16-9-10)12(2,3)7-6-11(15)13-4/h6-7,10H,5,8-9H2,1-4H3,(H,13,15). The van der Waals surface area contributed by atoms with Crippen molar-refractivity contribution in [1.82, 2.24) is 10.2 Å². The molecule has 1 N–H and O–H groups in total. The molecule has 1 rings (SSSR count). The number of carbonyl (C=O) groups is 1. The fourth-order valence-corrected chi connectivity index (χ4v) is 2.00. The monoisotopic (exact) mass is 226 g/mol. The van der Waals surface area contributed by atoms with E-state index in [1.807, 2.05) is 6.08 Å². The molecule has 0 aromatic heterocycles. The molecule has 1 saturated heterocycles. The Morgan fingerprint density at radius 3 is 2.56 bits per heavy atom. The Morgan fingerprint density at radius 1 is 1.56 bits per heavy atom. The second-order valence-corrected chi connectivity index (χ2v) is 4.58. The van der Waals surface area contributed by atoms with E-state index in [9.17, 15) is 4.79 Å². The van der Waals surface area contributed by atoms with Crippen LogP contribution in [0.15, 0.2) is 12.2 Å². The first kappa shape index (κ1) is 13.2. The number of rotatable bonds is 5. The van der Waals surface area contributed by atoms with Gasteiger partial charge in [-0.3, -0.25) is 9.69 Å². The van der Waals surface area contributed by atoms with Crippen LogP contribution >= 0.6 is 0 Å². The highest BCUT2D eigenvalue weighted by Gasteiger charge is 2.33. The third kappa shape index (κ3) is 3.06. The fraction of sp³-hybridized carbons (Fsp3) is 0.750. The highest BCUT2D eigenvalue weighted by atomic mass is 16.5. The molecule has 1 amide bonds. The molecule has 92 valence electrons. The summed E-state index contributed by atoms with van der Waals surface area (Å²) in [6, 6.07) is 0.481. The first-order valence-corrected chi connectivity index (χ1v) is 5.76. The van der Waals surface area contributed by atoms with E-state index in [1.165, 1.54) is 0 Å². The van der Waals surface area contributed by atoms with Gasteiger partial charge in [-0.25, -0.2) is 0 Å². The minimum absolute atomic E-state index is 0.0611. The Balaban J connectivity index is 2.65. The quantitative estimate of drug-likeness (QED) is 0.705. The number of nitrogens with one attached hydrogen (secondary N) is 1. The summed E-state index contributed by atoms with van der Waals surface area (Å²) in [6.45, 7) is 8.92. The van der Waals surface area contributed by atoms with Crippen LogP contribution in [0.2, 0.25) is 0 Å². The Hall–Kier alpha value is -0.870. The Bertz CT molecular complexity index is 270. The number of hydrogen-bond donors (Lipinski definition) is 1. The van der Waals surface area contributed by atoms with Gasteiger partial charge in [0.25, 0.3) is 0 Å². The summed E-state index contributed by atoms with van der Waals surface area (Å²) in [7, 11) is 1.64. The van der Waals surface area contributed by atoms with E-state index in [1.54, 1.807) is 13.1 Å². The third-order valence-electron chi connectivity index (χ3n) is 3.03. The average molecular weight is 226 g/mol. The van der Waals surface area contributed by atoms with E-state index in [2.05, 4.69) is 31.0 Å². The molecule has 0 aromatic rings. The van der Waals surface area contributed by atoms with Crippen LogP contribution in [0.25, 0.3) is 0 Å². The summed E-state index contributed by atoms with van der Waals surface area (Å²) >= 11 is 0. The maximum Gasteiger partial charge on any atom is 0.243 e. The van der Waals surface area contributed by atoms with Crippen LogP contribution in [0.4, 0.5) is 0 Å². The van der Waals surface area contributed by atoms with Gasteiger partial charge in [-0.15, -0.1) is 0 Å². The van der Waals surface area contributed by atoms with Crippen molar-refractivity contribution in [2.75, 3.05) is 26.8 Å². The summed E-state index contributed by atoms with van der Waals surface area (Å²) in [5, 5.41) is 2.58. The molecule has 4 nitrogen and oxygen atoms in total. The molecule has 16 heavy (non-hydrogen) atoms. The van der Waals surface area contributed by atoms with Gasteiger partial charge < -0.3 is 10.1 Å². The second-order valence-electron chi connectivity index (χ2n) is 4.58. The predicted molar refractivity (Wildman–Crippen MR) is 64.3 cm³/mol. The first-order chi connectivity index (χ1) is 7.51. The van der Waals surface area contributed by atoms with Crippen molar-refractivity contribution < 1.29 is 9.53 Å². The molecule has 0 aromatic carbocycles. The molecular weight excluding hydrogens is 204 g/mol. The number of ether oxygens (including phenoxy) is 1. The van der Waals surface area contributed by atoms with Crippen LogP contribution in [-0.4, -0.2) is 49.2 Å². The molecule has 1 fully saturated rings. The smallest absolute Gasteiger partial charge is 0.243 e. The van der Waals surface area contributed by atoms with Crippen molar-refractivity contribution in [2.45, 2.75) is 32.4 Å². The lowest BCUT2D eigenvalue weighted by Crippen LogP contribution is -2.56. The SMILES string of the molecule is CCN(C1COC1)C(C)(C)C=CC(=O)NC. The lowest BCUT2D eigenvalue weighted by atomic mass is 9.98. The summed E-state index contributed by atoms with van der Waals surface area (Å²) in [4.78, 5) is 13.5. The van der Waals surface area contributed by atoms with Gasteiger partial charge in [0.1, 0.15) is 0 Å². The van der Waals surface area contributed by atoms with Crippen LogP contribution in [-0.2, 0) is 9.53 Å². The molecule has 1 heterocycles. The van der Waals surface area contributed by atoms with Crippen molar-refractivity contribution in [1.29, 1.82) is 0 Å². The van der Waals surface area contributed by atoms with Gasteiger partial charge in [-0.05, 0) is 20.4 Å². The lowest BCUT2D eigenvalue weighted by molar-refractivity contribution is -0.116. The van der Waals surface area contributed by atoms with Crippen LogP contribution in [0.3, 0.4) is 0 Å². The number of hydrogen-bond acceptors (Lipinski definition) is 3. The maximum absolute atomic E-state index is 11.2. The van der Waals surface area contributed by atoms with Crippen molar-refractivity contribution in [3.8, 4) is 0 Å². The van der Waals surface area contributed by atoms with E-state index in [4.69, 9.17) is 4.74 Å². The lowest BCUT2D eigenvalue weighted by Gasteiger charge is -2.45. The maximum atomic E-state index is 11.2. The molecule has 0 radical (unpaired) electrons. The van der Waals surface area contributed by atoms with Crippen molar-refractivity contribution in [3.05, 3.63) is 12.2 Å². The molecular formula is C12H22N2O2. The van der Waals surface area contributed by atoms with Crippen LogP contribution < -0.4 is 5.32 Å². The Kier molecular flexibility index (Phi) is 4.50. The first-order valence-electron chi connectivity index (χ1n) is 5.76. The predicted octanol–water partition coefficient (Wildman–Crippen LogP) is 0.788.